The second-order valence-corrected chi connectivity index (χ2v) is 5.24. The molecule has 0 aliphatic carbocycles. The Morgan fingerprint density at radius 3 is 2.65 bits per heavy atom. The number of carboxylic acid groups (broad SMARTS) is 1. The van der Waals surface area contributed by atoms with Crippen LogP contribution in [0.3, 0.4) is 0 Å². The molecule has 0 amide bonds. The number of halogens is 1. The minimum Gasteiger partial charge on any atom is -0.481 e. The van der Waals surface area contributed by atoms with Crippen LogP contribution in [-0.4, -0.2) is 17.6 Å². The number of rotatable bonds is 5. The molecular weight excluding hydrogens is 238 g/mol. The van der Waals surface area contributed by atoms with Crippen molar-refractivity contribution in [2.24, 2.45) is 5.41 Å². The van der Waals surface area contributed by atoms with Crippen LogP contribution in [0.5, 0.6) is 0 Å². The van der Waals surface area contributed by atoms with Crippen LogP contribution in [-0.2, 0) is 4.79 Å². The van der Waals surface area contributed by atoms with Gasteiger partial charge < -0.3 is 10.4 Å². The monoisotopic (exact) mass is 255 g/mol. The molecule has 0 unspecified atom stereocenters. The first kappa shape index (κ1) is 13.8. The van der Waals surface area contributed by atoms with Crippen LogP contribution in [0.4, 0.5) is 5.69 Å². The number of benzene rings is 1. The van der Waals surface area contributed by atoms with Crippen LogP contribution >= 0.6 is 11.6 Å². The van der Waals surface area contributed by atoms with E-state index in [2.05, 4.69) is 5.32 Å². The van der Waals surface area contributed by atoms with E-state index in [0.717, 1.165) is 11.3 Å². The highest BCUT2D eigenvalue weighted by atomic mass is 35.5. The number of carbonyl (C=O) groups is 1. The normalized spacial score (nSPS) is 11.3. The summed E-state index contributed by atoms with van der Waals surface area (Å²) in [4.78, 5) is 10.9. The van der Waals surface area contributed by atoms with Gasteiger partial charge in [0.15, 0.2) is 0 Å². The Morgan fingerprint density at radius 1 is 1.47 bits per heavy atom. The van der Waals surface area contributed by atoms with Gasteiger partial charge in [-0.15, -0.1) is 0 Å². The summed E-state index contributed by atoms with van der Waals surface area (Å²) in [6.45, 7) is 6.00. The average Bonchev–Trinajstić information content (AvgIpc) is 2.23. The Hall–Kier alpha value is -1.22. The molecule has 0 saturated heterocycles. The van der Waals surface area contributed by atoms with Crippen molar-refractivity contribution in [3.8, 4) is 0 Å². The van der Waals surface area contributed by atoms with E-state index in [9.17, 15) is 4.79 Å². The van der Waals surface area contributed by atoms with Crippen molar-refractivity contribution in [1.29, 1.82) is 0 Å². The Kier molecular flexibility index (Phi) is 4.40. The predicted octanol–water partition coefficient (Wildman–Crippen LogP) is 3.56. The van der Waals surface area contributed by atoms with Crippen LogP contribution in [0, 0.1) is 12.3 Å². The molecular formula is C13H18ClNO2. The molecule has 0 bridgehead atoms. The number of hydrogen-bond donors (Lipinski definition) is 2. The summed E-state index contributed by atoms with van der Waals surface area (Å²) in [5.41, 5.74) is 1.24. The van der Waals surface area contributed by atoms with Crippen LogP contribution in [0.25, 0.3) is 0 Å². The minimum absolute atomic E-state index is 0.563. The van der Waals surface area contributed by atoms with Crippen LogP contribution in [0.15, 0.2) is 18.2 Å². The molecule has 0 saturated carbocycles. The molecule has 2 N–H and O–H groups in total. The zero-order valence-corrected chi connectivity index (χ0v) is 11.1. The van der Waals surface area contributed by atoms with Gasteiger partial charge in [-0.05, 0) is 44.9 Å². The molecule has 0 fully saturated rings. The highest BCUT2D eigenvalue weighted by Gasteiger charge is 2.26. The largest absolute Gasteiger partial charge is 0.481 e. The maximum absolute atomic E-state index is 10.9. The highest BCUT2D eigenvalue weighted by Crippen LogP contribution is 2.22. The molecule has 94 valence electrons. The number of aryl methyl sites for hydroxylation is 1. The van der Waals surface area contributed by atoms with Gasteiger partial charge in [-0.2, -0.15) is 0 Å². The second kappa shape index (κ2) is 5.41. The fraction of sp³-hybridized carbons (Fsp3) is 0.462. The molecule has 1 rings (SSSR count). The number of anilines is 1. The van der Waals surface area contributed by atoms with E-state index in [1.54, 1.807) is 13.8 Å². The van der Waals surface area contributed by atoms with Gasteiger partial charge in [-0.25, -0.2) is 0 Å². The Labute approximate surface area is 107 Å². The lowest BCUT2D eigenvalue weighted by molar-refractivity contribution is -0.147. The molecule has 0 aliphatic heterocycles. The lowest BCUT2D eigenvalue weighted by Crippen LogP contribution is -2.26. The zero-order chi connectivity index (χ0) is 13.1. The van der Waals surface area contributed by atoms with E-state index in [1.807, 2.05) is 25.1 Å². The molecule has 0 atom stereocenters. The third-order valence-corrected chi connectivity index (χ3v) is 3.24. The van der Waals surface area contributed by atoms with Gasteiger partial charge in [0, 0.05) is 17.3 Å². The molecule has 17 heavy (non-hydrogen) atoms. The summed E-state index contributed by atoms with van der Waals surface area (Å²) in [6.07, 6.45) is 0.563. The fourth-order valence-corrected chi connectivity index (χ4v) is 1.51. The first-order valence-electron chi connectivity index (χ1n) is 5.56. The topological polar surface area (TPSA) is 49.3 Å². The van der Waals surface area contributed by atoms with Crippen molar-refractivity contribution in [2.45, 2.75) is 27.2 Å². The van der Waals surface area contributed by atoms with Gasteiger partial charge in [0.05, 0.1) is 5.41 Å². The van der Waals surface area contributed by atoms with Gasteiger partial charge in [-0.3, -0.25) is 4.79 Å². The SMILES string of the molecule is Cc1ccc(NCCC(C)(C)C(=O)O)cc1Cl. The first-order valence-corrected chi connectivity index (χ1v) is 5.94. The van der Waals surface area contributed by atoms with Crippen LogP contribution < -0.4 is 5.32 Å². The molecule has 4 heteroatoms. The number of hydrogen-bond acceptors (Lipinski definition) is 2. The van der Waals surface area contributed by atoms with Gasteiger partial charge in [0.25, 0.3) is 0 Å². The molecule has 0 spiro atoms. The van der Waals surface area contributed by atoms with E-state index in [-0.39, 0.29) is 0 Å². The van der Waals surface area contributed by atoms with Gasteiger partial charge >= 0.3 is 5.97 Å². The third kappa shape index (κ3) is 3.93. The van der Waals surface area contributed by atoms with Crippen LogP contribution in [0.1, 0.15) is 25.8 Å². The number of carboxylic acids is 1. The summed E-state index contributed by atoms with van der Waals surface area (Å²) < 4.78 is 0. The fourth-order valence-electron chi connectivity index (χ4n) is 1.33. The molecule has 1 aromatic carbocycles. The molecule has 0 aromatic heterocycles. The van der Waals surface area contributed by atoms with Gasteiger partial charge in [0.2, 0.25) is 0 Å². The van der Waals surface area contributed by atoms with Gasteiger partial charge in [-0.1, -0.05) is 17.7 Å². The summed E-state index contributed by atoms with van der Waals surface area (Å²) in [5.74, 6) is -0.777. The Bertz CT molecular complexity index is 416. The second-order valence-electron chi connectivity index (χ2n) is 4.83. The molecule has 3 nitrogen and oxygen atoms in total. The smallest absolute Gasteiger partial charge is 0.309 e. The molecule has 0 radical (unpaired) electrons. The highest BCUT2D eigenvalue weighted by molar-refractivity contribution is 6.31. The molecule has 0 aliphatic rings. The van der Waals surface area contributed by atoms with Crippen molar-refractivity contribution < 1.29 is 9.90 Å². The number of nitrogens with one attached hydrogen (secondary N) is 1. The first-order chi connectivity index (χ1) is 7.83. The molecule has 1 aromatic rings. The maximum atomic E-state index is 10.9. The van der Waals surface area contributed by atoms with Crippen molar-refractivity contribution >= 4 is 23.3 Å². The Balaban J connectivity index is 2.51. The predicted molar refractivity (Wildman–Crippen MR) is 70.7 cm³/mol. The lowest BCUT2D eigenvalue weighted by atomic mass is 9.90. The van der Waals surface area contributed by atoms with E-state index < -0.39 is 11.4 Å². The molecule has 0 heterocycles. The minimum atomic E-state index is -0.777. The zero-order valence-electron chi connectivity index (χ0n) is 10.4. The average molecular weight is 256 g/mol. The van der Waals surface area contributed by atoms with Crippen molar-refractivity contribution in [2.75, 3.05) is 11.9 Å². The van der Waals surface area contributed by atoms with E-state index >= 15 is 0 Å². The van der Waals surface area contributed by atoms with Gasteiger partial charge in [0.1, 0.15) is 0 Å². The maximum Gasteiger partial charge on any atom is 0.309 e. The summed E-state index contributed by atoms with van der Waals surface area (Å²) >= 11 is 6.00. The summed E-state index contributed by atoms with van der Waals surface area (Å²) in [7, 11) is 0. The standard InChI is InChI=1S/C13H18ClNO2/c1-9-4-5-10(8-11(9)14)15-7-6-13(2,3)12(16)17/h4-5,8,15H,6-7H2,1-3H3,(H,16,17). The van der Waals surface area contributed by atoms with Crippen molar-refractivity contribution in [3.05, 3.63) is 28.8 Å². The number of aliphatic carboxylic acids is 1. The Morgan fingerprint density at radius 2 is 2.12 bits per heavy atom. The quantitative estimate of drug-likeness (QED) is 0.846. The van der Waals surface area contributed by atoms with Crippen LogP contribution in [0.2, 0.25) is 5.02 Å². The summed E-state index contributed by atoms with van der Waals surface area (Å²) in [6, 6.07) is 5.73. The van der Waals surface area contributed by atoms with Crippen molar-refractivity contribution in [1.82, 2.24) is 0 Å². The summed E-state index contributed by atoms with van der Waals surface area (Å²) in [5, 5.41) is 12.9. The third-order valence-electron chi connectivity index (χ3n) is 2.83. The van der Waals surface area contributed by atoms with E-state index in [0.29, 0.717) is 18.0 Å². The van der Waals surface area contributed by atoms with Crippen molar-refractivity contribution in [3.63, 3.8) is 0 Å². The van der Waals surface area contributed by atoms with E-state index in [1.165, 1.54) is 0 Å². The van der Waals surface area contributed by atoms with E-state index in [4.69, 9.17) is 16.7 Å². The lowest BCUT2D eigenvalue weighted by Gasteiger charge is -2.19.